The van der Waals surface area contributed by atoms with Crippen LogP contribution in [0.15, 0.2) is 17.0 Å². The largest absolute Gasteiger partial charge is 0.382 e. The first-order chi connectivity index (χ1) is 7.18. The SMILES string of the molecule is NC1=CC(N2CCCCC2)=NN(N)N1O. The lowest BCUT2D eigenvalue weighted by Gasteiger charge is -2.33. The molecule has 1 fully saturated rings. The highest BCUT2D eigenvalue weighted by molar-refractivity contribution is 5.93. The molecule has 0 saturated carbocycles. The number of hydrazone groups is 1. The smallest absolute Gasteiger partial charge is 0.156 e. The van der Waals surface area contributed by atoms with E-state index in [0.717, 1.165) is 31.2 Å². The van der Waals surface area contributed by atoms with Crippen LogP contribution >= 0.6 is 0 Å². The Kier molecular flexibility index (Phi) is 2.65. The summed E-state index contributed by atoms with van der Waals surface area (Å²) in [4.78, 5) is 2.11. The van der Waals surface area contributed by atoms with E-state index < -0.39 is 0 Å². The van der Waals surface area contributed by atoms with E-state index in [1.807, 2.05) is 0 Å². The average Bonchev–Trinajstić information content (AvgIpc) is 2.26. The van der Waals surface area contributed by atoms with Gasteiger partial charge in [0.1, 0.15) is 0 Å². The van der Waals surface area contributed by atoms with Gasteiger partial charge in [0.05, 0.1) is 0 Å². The van der Waals surface area contributed by atoms with E-state index in [4.69, 9.17) is 11.6 Å². The van der Waals surface area contributed by atoms with Gasteiger partial charge in [-0.3, -0.25) is 5.21 Å². The molecule has 7 heteroatoms. The maximum Gasteiger partial charge on any atom is 0.156 e. The molecule has 2 rings (SSSR count). The average molecular weight is 212 g/mol. The summed E-state index contributed by atoms with van der Waals surface area (Å²) in [5, 5.41) is 14.7. The predicted molar refractivity (Wildman–Crippen MR) is 54.8 cm³/mol. The summed E-state index contributed by atoms with van der Waals surface area (Å²) < 4.78 is 0. The molecule has 0 aromatic rings. The fourth-order valence-corrected chi connectivity index (χ4v) is 1.76. The molecule has 1 saturated heterocycles. The highest BCUT2D eigenvalue weighted by Crippen LogP contribution is 2.13. The monoisotopic (exact) mass is 212 g/mol. The van der Waals surface area contributed by atoms with E-state index >= 15 is 0 Å². The predicted octanol–water partition coefficient (Wildman–Crippen LogP) is -0.619. The number of rotatable bonds is 0. The van der Waals surface area contributed by atoms with E-state index in [0.29, 0.717) is 11.0 Å². The van der Waals surface area contributed by atoms with E-state index in [1.54, 1.807) is 6.08 Å². The first kappa shape index (κ1) is 10.1. The lowest BCUT2D eigenvalue weighted by Crippen LogP contribution is -2.49. The Morgan fingerprint density at radius 3 is 2.53 bits per heavy atom. The van der Waals surface area contributed by atoms with Crippen LogP contribution in [-0.4, -0.2) is 39.4 Å². The Morgan fingerprint density at radius 1 is 1.27 bits per heavy atom. The molecular weight excluding hydrogens is 196 g/mol. The van der Waals surface area contributed by atoms with Crippen molar-refractivity contribution in [2.24, 2.45) is 16.7 Å². The quantitative estimate of drug-likeness (QED) is 0.463. The lowest BCUT2D eigenvalue weighted by molar-refractivity contribution is -0.223. The van der Waals surface area contributed by atoms with Crippen LogP contribution < -0.4 is 11.6 Å². The second-order valence-electron chi connectivity index (χ2n) is 3.68. The Hall–Kier alpha value is -1.47. The minimum Gasteiger partial charge on any atom is -0.382 e. The first-order valence-electron chi connectivity index (χ1n) is 5.03. The van der Waals surface area contributed by atoms with Crippen LogP contribution in [0, 0.1) is 0 Å². The van der Waals surface area contributed by atoms with Gasteiger partial charge in [-0.1, -0.05) is 0 Å². The van der Waals surface area contributed by atoms with Crippen molar-refractivity contribution in [2.75, 3.05) is 13.1 Å². The molecule has 7 nitrogen and oxygen atoms in total. The van der Waals surface area contributed by atoms with Crippen molar-refractivity contribution < 1.29 is 5.21 Å². The molecule has 2 aliphatic heterocycles. The van der Waals surface area contributed by atoms with Crippen LogP contribution in [0.25, 0.3) is 0 Å². The molecule has 0 bridgehead atoms. The second-order valence-corrected chi connectivity index (χ2v) is 3.68. The maximum absolute atomic E-state index is 9.28. The summed E-state index contributed by atoms with van der Waals surface area (Å²) in [6, 6.07) is 0. The molecule has 0 unspecified atom stereocenters. The molecule has 84 valence electrons. The summed E-state index contributed by atoms with van der Waals surface area (Å²) >= 11 is 0. The van der Waals surface area contributed by atoms with Gasteiger partial charge in [-0.2, -0.15) is 0 Å². The standard InChI is InChI=1S/C8H16N6O/c9-7-6-8(11-14(10)13(7)15)12-4-2-1-3-5-12/h6,15H,1-5,9-10H2. The fourth-order valence-electron chi connectivity index (χ4n) is 1.76. The van der Waals surface area contributed by atoms with Crippen LogP contribution in [0.5, 0.6) is 0 Å². The van der Waals surface area contributed by atoms with Crippen molar-refractivity contribution in [3.63, 3.8) is 0 Å². The molecule has 15 heavy (non-hydrogen) atoms. The lowest BCUT2D eigenvalue weighted by atomic mass is 10.1. The zero-order chi connectivity index (χ0) is 10.8. The highest BCUT2D eigenvalue weighted by Gasteiger charge is 2.21. The van der Waals surface area contributed by atoms with Crippen molar-refractivity contribution in [2.45, 2.75) is 19.3 Å². The van der Waals surface area contributed by atoms with Gasteiger partial charge in [0, 0.05) is 19.2 Å². The summed E-state index contributed by atoms with van der Waals surface area (Å²) in [5.41, 5.74) is 5.57. The van der Waals surface area contributed by atoms with E-state index in [2.05, 4.69) is 10.0 Å². The molecule has 0 aromatic heterocycles. The molecule has 2 heterocycles. The molecule has 0 amide bonds. The van der Waals surface area contributed by atoms with Crippen LogP contribution in [-0.2, 0) is 0 Å². The fraction of sp³-hybridized carbons (Fsp3) is 0.625. The van der Waals surface area contributed by atoms with Gasteiger partial charge < -0.3 is 10.6 Å². The van der Waals surface area contributed by atoms with Crippen LogP contribution in [0.3, 0.4) is 0 Å². The zero-order valence-electron chi connectivity index (χ0n) is 8.50. The Morgan fingerprint density at radius 2 is 1.93 bits per heavy atom. The second kappa shape index (κ2) is 3.95. The maximum atomic E-state index is 9.28. The third kappa shape index (κ3) is 1.97. The summed E-state index contributed by atoms with van der Waals surface area (Å²) in [6.07, 6.45) is 5.18. The van der Waals surface area contributed by atoms with Crippen molar-refractivity contribution in [3.8, 4) is 0 Å². The van der Waals surface area contributed by atoms with E-state index in [-0.39, 0.29) is 5.82 Å². The molecule has 0 aliphatic carbocycles. The third-order valence-corrected chi connectivity index (χ3v) is 2.59. The highest BCUT2D eigenvalue weighted by atomic mass is 16.6. The molecule has 0 radical (unpaired) electrons. The van der Waals surface area contributed by atoms with E-state index in [1.165, 1.54) is 6.42 Å². The van der Waals surface area contributed by atoms with Gasteiger partial charge in [-0.15, -0.1) is 15.5 Å². The number of nitrogens with two attached hydrogens (primary N) is 2. The molecule has 5 N–H and O–H groups in total. The first-order valence-corrected chi connectivity index (χ1v) is 5.03. The van der Waals surface area contributed by atoms with Crippen molar-refractivity contribution in [1.29, 1.82) is 0 Å². The number of nitrogens with zero attached hydrogens (tertiary/aromatic N) is 4. The molecule has 0 aromatic carbocycles. The van der Waals surface area contributed by atoms with Gasteiger partial charge in [-0.25, -0.2) is 5.84 Å². The number of piperidine rings is 1. The molecular formula is C8H16N6O. The Balaban J connectivity index is 2.12. The van der Waals surface area contributed by atoms with Gasteiger partial charge in [0.15, 0.2) is 11.7 Å². The topological polar surface area (TPSA) is 94.3 Å². The van der Waals surface area contributed by atoms with Crippen LogP contribution in [0.2, 0.25) is 0 Å². The molecule has 0 atom stereocenters. The van der Waals surface area contributed by atoms with E-state index in [9.17, 15) is 5.21 Å². The Bertz CT molecular complexity index is 296. The van der Waals surface area contributed by atoms with Gasteiger partial charge >= 0.3 is 0 Å². The Labute approximate surface area is 88.1 Å². The van der Waals surface area contributed by atoms with Gasteiger partial charge in [0.25, 0.3) is 0 Å². The summed E-state index contributed by atoms with van der Waals surface area (Å²) in [6.45, 7) is 1.92. The summed E-state index contributed by atoms with van der Waals surface area (Å²) in [5.74, 6) is 6.32. The zero-order valence-corrected chi connectivity index (χ0v) is 8.50. The number of hydrazine groups is 2. The third-order valence-electron chi connectivity index (χ3n) is 2.59. The molecule has 0 spiro atoms. The van der Waals surface area contributed by atoms with Crippen molar-refractivity contribution in [3.05, 3.63) is 11.9 Å². The number of hydroxylamine groups is 1. The number of hydrogen-bond donors (Lipinski definition) is 3. The van der Waals surface area contributed by atoms with Gasteiger partial charge in [0.2, 0.25) is 0 Å². The number of amidine groups is 1. The van der Waals surface area contributed by atoms with Crippen LogP contribution in [0.1, 0.15) is 19.3 Å². The number of likely N-dealkylation sites (tertiary alicyclic amines) is 1. The van der Waals surface area contributed by atoms with Crippen molar-refractivity contribution >= 4 is 5.84 Å². The van der Waals surface area contributed by atoms with Crippen molar-refractivity contribution in [1.82, 2.24) is 15.3 Å². The summed E-state index contributed by atoms with van der Waals surface area (Å²) in [7, 11) is 0. The normalized spacial score (nSPS) is 22.7. The molecule has 2 aliphatic rings. The van der Waals surface area contributed by atoms with Crippen LogP contribution in [0.4, 0.5) is 0 Å². The van der Waals surface area contributed by atoms with Gasteiger partial charge in [-0.05, 0) is 19.3 Å². The number of hydrogen-bond acceptors (Lipinski definition) is 7. The minimum absolute atomic E-state index is 0.174. The minimum atomic E-state index is 0.174.